The van der Waals surface area contributed by atoms with Gasteiger partial charge in [0.25, 0.3) is 11.7 Å². The third-order valence-corrected chi connectivity index (χ3v) is 5.91. The zero-order valence-corrected chi connectivity index (χ0v) is 19.4. The molecule has 3 aromatic rings. The number of benzene rings is 2. The zero-order chi connectivity index (χ0) is 24.6. The average molecular weight is 459 g/mol. The van der Waals surface area contributed by atoms with E-state index in [2.05, 4.69) is 4.98 Å². The molecule has 1 aliphatic heterocycles. The summed E-state index contributed by atoms with van der Waals surface area (Å²) in [4.78, 5) is 31.9. The second-order valence-electron chi connectivity index (χ2n) is 9.11. The van der Waals surface area contributed by atoms with Crippen LogP contribution < -0.4 is 9.64 Å². The Morgan fingerprint density at radius 3 is 2.41 bits per heavy atom. The van der Waals surface area contributed by atoms with Crippen molar-refractivity contribution in [1.82, 2.24) is 4.98 Å². The van der Waals surface area contributed by atoms with Crippen LogP contribution in [0.4, 0.5) is 5.69 Å². The molecule has 7 nitrogen and oxygen atoms in total. The van der Waals surface area contributed by atoms with Crippen molar-refractivity contribution >= 4 is 23.1 Å². The maximum atomic E-state index is 13.3. The fourth-order valence-electron chi connectivity index (χ4n) is 4.11. The second kappa shape index (κ2) is 8.67. The number of pyridine rings is 1. The summed E-state index contributed by atoms with van der Waals surface area (Å²) in [6.07, 6.45) is 3.10. The van der Waals surface area contributed by atoms with Crippen LogP contribution in [0.5, 0.6) is 11.5 Å². The van der Waals surface area contributed by atoms with Crippen LogP contribution in [0.3, 0.4) is 0 Å². The number of anilines is 1. The molecule has 34 heavy (non-hydrogen) atoms. The summed E-state index contributed by atoms with van der Waals surface area (Å²) in [5.41, 5.74) is 1.56. The van der Waals surface area contributed by atoms with Gasteiger partial charge >= 0.3 is 0 Å². The number of nitrogens with zero attached hydrogens (tertiary/aromatic N) is 2. The molecule has 4 rings (SSSR count). The Hall–Kier alpha value is -4.13. The lowest BCUT2D eigenvalue weighted by molar-refractivity contribution is -0.132. The van der Waals surface area contributed by atoms with Gasteiger partial charge in [-0.25, -0.2) is 0 Å². The number of ether oxygens (including phenoxy) is 1. The Morgan fingerprint density at radius 1 is 1.06 bits per heavy atom. The standard InChI is InChI=1S/C27H26N2O5/c1-27(2,3)17-11-12-21(34-4)18(14-17)24(31)22-23(16-8-7-13-28-15-16)29(26(33)25(22)32)19-9-5-6-10-20(19)30/h5-15,23,30-31H,1-4H3/b24-22+. The number of Topliss-reactive ketones (excluding diaryl/α,β-unsaturated/α-hetero) is 1. The van der Waals surface area contributed by atoms with Gasteiger partial charge in [0.15, 0.2) is 0 Å². The van der Waals surface area contributed by atoms with Crippen LogP contribution in [-0.4, -0.2) is 34.0 Å². The molecule has 0 radical (unpaired) electrons. The lowest BCUT2D eigenvalue weighted by Gasteiger charge is -2.26. The molecule has 7 heteroatoms. The highest BCUT2D eigenvalue weighted by Gasteiger charge is 2.48. The topological polar surface area (TPSA) is 100.0 Å². The maximum Gasteiger partial charge on any atom is 0.300 e. The Kier molecular flexibility index (Phi) is 5.87. The molecule has 1 saturated heterocycles. The van der Waals surface area contributed by atoms with E-state index in [4.69, 9.17) is 4.74 Å². The number of ketones is 1. The third-order valence-electron chi connectivity index (χ3n) is 5.91. The summed E-state index contributed by atoms with van der Waals surface area (Å²) in [7, 11) is 1.47. The van der Waals surface area contributed by atoms with Gasteiger partial charge in [0.05, 0.1) is 30.0 Å². The number of aliphatic hydroxyl groups is 1. The maximum absolute atomic E-state index is 13.3. The van der Waals surface area contributed by atoms with Crippen molar-refractivity contribution in [1.29, 1.82) is 0 Å². The van der Waals surface area contributed by atoms with Crippen molar-refractivity contribution in [3.63, 3.8) is 0 Å². The van der Waals surface area contributed by atoms with Gasteiger partial charge in [-0.1, -0.05) is 45.0 Å². The van der Waals surface area contributed by atoms with Crippen LogP contribution in [0, 0.1) is 0 Å². The van der Waals surface area contributed by atoms with Gasteiger partial charge in [-0.3, -0.25) is 19.5 Å². The van der Waals surface area contributed by atoms with E-state index in [1.807, 2.05) is 26.8 Å². The summed E-state index contributed by atoms with van der Waals surface area (Å²) in [5.74, 6) is -1.87. The van der Waals surface area contributed by atoms with Crippen LogP contribution >= 0.6 is 0 Å². The van der Waals surface area contributed by atoms with E-state index in [0.29, 0.717) is 16.9 Å². The predicted octanol–water partition coefficient (Wildman–Crippen LogP) is 4.72. The molecule has 0 bridgehead atoms. The molecule has 1 aromatic heterocycles. The molecule has 1 fully saturated rings. The predicted molar refractivity (Wildman–Crippen MR) is 129 cm³/mol. The van der Waals surface area contributed by atoms with Gasteiger partial charge in [0.1, 0.15) is 17.3 Å². The van der Waals surface area contributed by atoms with Crippen LogP contribution in [0.1, 0.15) is 43.5 Å². The van der Waals surface area contributed by atoms with E-state index in [1.165, 1.54) is 24.3 Å². The van der Waals surface area contributed by atoms with Crippen molar-refractivity contribution in [2.45, 2.75) is 32.2 Å². The number of phenols is 1. The van der Waals surface area contributed by atoms with Gasteiger partial charge in [-0.2, -0.15) is 0 Å². The highest BCUT2D eigenvalue weighted by molar-refractivity contribution is 6.52. The zero-order valence-electron chi connectivity index (χ0n) is 19.4. The van der Waals surface area contributed by atoms with Gasteiger partial charge in [-0.15, -0.1) is 0 Å². The summed E-state index contributed by atoms with van der Waals surface area (Å²) in [6, 6.07) is 14.1. The molecule has 1 atom stereocenters. The second-order valence-corrected chi connectivity index (χ2v) is 9.11. The van der Waals surface area contributed by atoms with Crippen LogP contribution in [0.2, 0.25) is 0 Å². The normalized spacial score (nSPS) is 17.8. The largest absolute Gasteiger partial charge is 0.507 e. The average Bonchev–Trinajstić information content (AvgIpc) is 3.09. The molecule has 0 aliphatic carbocycles. The van der Waals surface area contributed by atoms with Gasteiger partial charge in [0, 0.05) is 12.4 Å². The highest BCUT2D eigenvalue weighted by atomic mass is 16.5. The summed E-state index contributed by atoms with van der Waals surface area (Å²) in [5, 5.41) is 22.0. The number of methoxy groups -OCH3 is 1. The quantitative estimate of drug-likeness (QED) is 0.333. The van der Waals surface area contributed by atoms with E-state index in [1.54, 1.807) is 48.7 Å². The molecular weight excluding hydrogens is 432 g/mol. The number of hydrogen-bond acceptors (Lipinski definition) is 6. The van der Waals surface area contributed by atoms with Gasteiger partial charge < -0.3 is 14.9 Å². The Morgan fingerprint density at radius 2 is 1.79 bits per heavy atom. The van der Waals surface area contributed by atoms with E-state index < -0.39 is 17.7 Å². The lowest BCUT2D eigenvalue weighted by atomic mass is 9.85. The first-order valence-corrected chi connectivity index (χ1v) is 10.8. The number of carbonyl (C=O) groups is 2. The molecule has 1 aliphatic rings. The molecule has 2 heterocycles. The fourth-order valence-corrected chi connectivity index (χ4v) is 4.11. The summed E-state index contributed by atoms with van der Waals surface area (Å²) < 4.78 is 5.47. The number of aliphatic hydroxyl groups excluding tert-OH is 1. The lowest BCUT2D eigenvalue weighted by Crippen LogP contribution is -2.29. The smallest absolute Gasteiger partial charge is 0.300 e. The summed E-state index contributed by atoms with van der Waals surface area (Å²) >= 11 is 0. The minimum absolute atomic E-state index is 0.106. The van der Waals surface area contributed by atoms with Crippen molar-refractivity contribution < 1.29 is 24.5 Å². The van der Waals surface area contributed by atoms with Crippen molar-refractivity contribution in [2.24, 2.45) is 0 Å². The van der Waals surface area contributed by atoms with Crippen molar-refractivity contribution in [2.75, 3.05) is 12.0 Å². The number of amides is 1. The SMILES string of the molecule is COc1ccc(C(C)(C)C)cc1/C(O)=C1\C(=O)C(=O)N(c2ccccc2O)C1c1cccnc1. The third kappa shape index (κ3) is 3.90. The number of rotatable bonds is 4. The van der Waals surface area contributed by atoms with Crippen LogP contribution in [-0.2, 0) is 15.0 Å². The minimum atomic E-state index is -0.995. The molecule has 0 spiro atoms. The fraction of sp³-hybridized carbons (Fsp3) is 0.222. The van der Waals surface area contributed by atoms with Crippen molar-refractivity contribution in [3.05, 3.63) is 89.3 Å². The summed E-state index contributed by atoms with van der Waals surface area (Å²) in [6.45, 7) is 6.10. The van der Waals surface area contributed by atoms with Gasteiger partial charge in [-0.05, 0) is 46.9 Å². The van der Waals surface area contributed by atoms with Crippen LogP contribution in [0.15, 0.2) is 72.6 Å². The van der Waals surface area contributed by atoms with E-state index in [9.17, 15) is 19.8 Å². The monoisotopic (exact) mass is 458 g/mol. The number of aromatic hydroxyl groups is 1. The number of para-hydroxylation sites is 2. The number of aromatic nitrogens is 1. The van der Waals surface area contributed by atoms with Crippen LogP contribution in [0.25, 0.3) is 5.76 Å². The first-order chi connectivity index (χ1) is 16.1. The highest BCUT2D eigenvalue weighted by Crippen LogP contribution is 2.45. The molecular formula is C27H26N2O5. The molecule has 2 aromatic carbocycles. The van der Waals surface area contributed by atoms with Crippen molar-refractivity contribution in [3.8, 4) is 11.5 Å². The molecule has 2 N–H and O–H groups in total. The molecule has 174 valence electrons. The molecule has 0 saturated carbocycles. The Bertz CT molecular complexity index is 1290. The number of carbonyl (C=O) groups excluding carboxylic acids is 2. The Balaban J connectivity index is 2.00. The first-order valence-electron chi connectivity index (χ1n) is 10.8. The molecule has 1 unspecified atom stereocenters. The minimum Gasteiger partial charge on any atom is -0.507 e. The van der Waals surface area contributed by atoms with Gasteiger partial charge in [0.2, 0.25) is 0 Å². The Labute approximate surface area is 198 Å². The van der Waals surface area contributed by atoms with E-state index in [0.717, 1.165) is 5.56 Å². The van der Waals surface area contributed by atoms with E-state index >= 15 is 0 Å². The van der Waals surface area contributed by atoms with E-state index in [-0.39, 0.29) is 28.2 Å². The molecule has 1 amide bonds. The number of phenolic OH excluding ortho intramolecular Hbond substituents is 1. The first kappa shape index (κ1) is 23.0. The number of hydrogen-bond donors (Lipinski definition) is 2.